The number of hydrogen-bond acceptors (Lipinski definition) is 4. The molecule has 1 aromatic rings. The predicted octanol–water partition coefficient (Wildman–Crippen LogP) is 2.24. The Morgan fingerprint density at radius 1 is 1.24 bits per heavy atom. The molecule has 0 heterocycles. The van der Waals surface area contributed by atoms with Crippen LogP contribution in [0.3, 0.4) is 0 Å². The van der Waals surface area contributed by atoms with Crippen LogP contribution in [0.1, 0.15) is 18.9 Å². The van der Waals surface area contributed by atoms with Crippen LogP contribution in [-0.2, 0) is 16.3 Å². The van der Waals surface area contributed by atoms with E-state index in [2.05, 4.69) is 10.1 Å². The van der Waals surface area contributed by atoms with Crippen molar-refractivity contribution in [2.45, 2.75) is 32.4 Å². The molecule has 0 aliphatic carbocycles. The summed E-state index contributed by atoms with van der Waals surface area (Å²) in [6, 6.07) is 6.72. The zero-order valence-corrected chi connectivity index (χ0v) is 13.0. The number of hydrogen-bond donors (Lipinski definition) is 1. The third-order valence-electron chi connectivity index (χ3n) is 2.98. The Labute approximate surface area is 124 Å². The van der Waals surface area contributed by atoms with Gasteiger partial charge in [0.25, 0.3) is 0 Å². The number of halogens is 2. The van der Waals surface area contributed by atoms with E-state index in [4.69, 9.17) is 0 Å². The third kappa shape index (κ3) is 8.62. The highest BCUT2D eigenvalue weighted by atomic mass is 32.2. The van der Waals surface area contributed by atoms with Gasteiger partial charge < -0.3 is 10.1 Å². The summed E-state index contributed by atoms with van der Waals surface area (Å²) in [5.74, 6) is 0.268. The van der Waals surface area contributed by atoms with E-state index in [-0.39, 0.29) is 17.5 Å². The normalized spacial score (nSPS) is 13.4. The lowest BCUT2D eigenvalue weighted by molar-refractivity contribution is -0.0498. The summed E-state index contributed by atoms with van der Waals surface area (Å²) >= 11 is 0. The van der Waals surface area contributed by atoms with Crippen molar-refractivity contribution in [2.24, 2.45) is 0 Å². The van der Waals surface area contributed by atoms with E-state index in [0.29, 0.717) is 6.54 Å². The molecule has 1 rings (SSSR count). The minimum Gasteiger partial charge on any atom is -0.435 e. The van der Waals surface area contributed by atoms with Crippen LogP contribution in [0.2, 0.25) is 0 Å². The molecule has 0 aliphatic rings. The van der Waals surface area contributed by atoms with Gasteiger partial charge in [0.15, 0.2) is 0 Å². The second-order valence-electron chi connectivity index (χ2n) is 5.05. The zero-order valence-electron chi connectivity index (χ0n) is 12.2. The number of ether oxygens (including phenoxy) is 1. The van der Waals surface area contributed by atoms with Crippen molar-refractivity contribution >= 4 is 9.84 Å². The molecule has 0 saturated carbocycles. The quantitative estimate of drug-likeness (QED) is 0.758. The SMILES string of the molecule is CC(CCc1ccc(OC(F)F)cc1)NCCS(C)(=O)=O. The van der Waals surface area contributed by atoms with Crippen LogP contribution in [0.5, 0.6) is 5.75 Å². The maximum Gasteiger partial charge on any atom is 0.387 e. The lowest BCUT2D eigenvalue weighted by Gasteiger charge is -2.13. The average Bonchev–Trinajstić information content (AvgIpc) is 2.36. The average molecular weight is 321 g/mol. The van der Waals surface area contributed by atoms with E-state index in [1.165, 1.54) is 18.4 Å². The van der Waals surface area contributed by atoms with Gasteiger partial charge in [0.1, 0.15) is 15.6 Å². The summed E-state index contributed by atoms with van der Waals surface area (Å²) in [7, 11) is -2.94. The molecule has 1 N–H and O–H groups in total. The van der Waals surface area contributed by atoms with Gasteiger partial charge in [-0.05, 0) is 37.5 Å². The van der Waals surface area contributed by atoms with E-state index in [9.17, 15) is 17.2 Å². The molecule has 0 radical (unpaired) electrons. The molecular weight excluding hydrogens is 300 g/mol. The second-order valence-corrected chi connectivity index (χ2v) is 7.31. The van der Waals surface area contributed by atoms with Gasteiger partial charge in [0, 0.05) is 18.8 Å². The van der Waals surface area contributed by atoms with Crippen molar-refractivity contribution in [3.05, 3.63) is 29.8 Å². The topological polar surface area (TPSA) is 55.4 Å². The lowest BCUT2D eigenvalue weighted by atomic mass is 10.1. The van der Waals surface area contributed by atoms with Crippen LogP contribution in [-0.4, -0.2) is 39.6 Å². The summed E-state index contributed by atoms with van der Waals surface area (Å²) in [5, 5.41) is 3.14. The summed E-state index contributed by atoms with van der Waals surface area (Å²) in [6.45, 7) is -0.396. The van der Waals surface area contributed by atoms with Gasteiger partial charge in [0.05, 0.1) is 5.75 Å². The minimum atomic E-state index is -2.94. The molecule has 0 saturated heterocycles. The molecule has 4 nitrogen and oxygen atoms in total. The molecule has 0 bridgehead atoms. The molecule has 1 aromatic carbocycles. The molecule has 1 atom stereocenters. The molecule has 120 valence electrons. The highest BCUT2D eigenvalue weighted by molar-refractivity contribution is 7.90. The molecule has 0 spiro atoms. The van der Waals surface area contributed by atoms with Crippen LogP contribution in [0, 0.1) is 0 Å². The van der Waals surface area contributed by atoms with Crippen molar-refractivity contribution in [3.8, 4) is 5.75 Å². The van der Waals surface area contributed by atoms with Gasteiger partial charge in [-0.3, -0.25) is 0 Å². The molecule has 7 heteroatoms. The Balaban J connectivity index is 2.31. The highest BCUT2D eigenvalue weighted by Gasteiger charge is 2.07. The van der Waals surface area contributed by atoms with Gasteiger partial charge in [-0.15, -0.1) is 0 Å². The second kappa shape index (κ2) is 8.29. The molecule has 0 aromatic heterocycles. The van der Waals surface area contributed by atoms with Crippen LogP contribution >= 0.6 is 0 Å². The zero-order chi connectivity index (χ0) is 15.9. The highest BCUT2D eigenvalue weighted by Crippen LogP contribution is 2.16. The van der Waals surface area contributed by atoms with Gasteiger partial charge in [-0.1, -0.05) is 12.1 Å². The standard InChI is InChI=1S/C14H21F2NO3S/c1-11(17-9-10-21(2,18)19)3-4-12-5-7-13(8-6-12)20-14(15)16/h5-8,11,14,17H,3-4,9-10H2,1-2H3. The van der Waals surface area contributed by atoms with Crippen molar-refractivity contribution < 1.29 is 21.9 Å². The van der Waals surface area contributed by atoms with Crippen molar-refractivity contribution in [3.63, 3.8) is 0 Å². The first-order valence-corrected chi connectivity index (χ1v) is 8.77. The molecule has 0 amide bonds. The van der Waals surface area contributed by atoms with Crippen LogP contribution in [0.25, 0.3) is 0 Å². The fourth-order valence-corrected chi connectivity index (χ4v) is 2.30. The van der Waals surface area contributed by atoms with E-state index >= 15 is 0 Å². The van der Waals surface area contributed by atoms with E-state index in [1.807, 2.05) is 6.92 Å². The van der Waals surface area contributed by atoms with E-state index in [0.717, 1.165) is 18.4 Å². The Morgan fingerprint density at radius 2 is 1.86 bits per heavy atom. The molecule has 0 aliphatic heterocycles. The third-order valence-corrected chi connectivity index (χ3v) is 3.93. The predicted molar refractivity (Wildman–Crippen MR) is 78.6 cm³/mol. The summed E-state index contributed by atoms with van der Waals surface area (Å²) < 4.78 is 50.3. The molecule has 1 unspecified atom stereocenters. The maximum atomic E-state index is 12.0. The Bertz CT molecular complexity index is 518. The van der Waals surface area contributed by atoms with Gasteiger partial charge in [-0.25, -0.2) is 8.42 Å². The number of alkyl halides is 2. The first-order valence-electron chi connectivity index (χ1n) is 6.71. The Hall–Kier alpha value is -1.21. The van der Waals surface area contributed by atoms with Gasteiger partial charge in [-0.2, -0.15) is 8.78 Å². The fraction of sp³-hybridized carbons (Fsp3) is 0.571. The van der Waals surface area contributed by atoms with E-state index < -0.39 is 16.4 Å². The fourth-order valence-electron chi connectivity index (χ4n) is 1.81. The van der Waals surface area contributed by atoms with Gasteiger partial charge in [0.2, 0.25) is 0 Å². The monoisotopic (exact) mass is 321 g/mol. The van der Waals surface area contributed by atoms with Crippen LogP contribution in [0.15, 0.2) is 24.3 Å². The largest absolute Gasteiger partial charge is 0.435 e. The van der Waals surface area contributed by atoms with Crippen molar-refractivity contribution in [2.75, 3.05) is 18.6 Å². The van der Waals surface area contributed by atoms with Crippen LogP contribution in [0.4, 0.5) is 8.78 Å². The van der Waals surface area contributed by atoms with Crippen molar-refractivity contribution in [1.82, 2.24) is 5.32 Å². The van der Waals surface area contributed by atoms with Gasteiger partial charge >= 0.3 is 6.61 Å². The molecule has 21 heavy (non-hydrogen) atoms. The number of rotatable bonds is 9. The smallest absolute Gasteiger partial charge is 0.387 e. The summed E-state index contributed by atoms with van der Waals surface area (Å²) in [4.78, 5) is 0. The van der Waals surface area contributed by atoms with Crippen molar-refractivity contribution in [1.29, 1.82) is 0 Å². The van der Waals surface area contributed by atoms with E-state index in [1.54, 1.807) is 12.1 Å². The Kier molecular flexibility index (Phi) is 7.04. The summed E-state index contributed by atoms with van der Waals surface area (Å²) in [5.41, 5.74) is 1.02. The Morgan fingerprint density at radius 3 is 2.38 bits per heavy atom. The number of benzene rings is 1. The number of aryl methyl sites for hydroxylation is 1. The minimum absolute atomic E-state index is 0.122. The number of sulfone groups is 1. The molecule has 0 fully saturated rings. The van der Waals surface area contributed by atoms with Crippen LogP contribution < -0.4 is 10.1 Å². The first kappa shape index (κ1) is 17.8. The maximum absolute atomic E-state index is 12.0. The number of nitrogens with one attached hydrogen (secondary N) is 1. The lowest BCUT2D eigenvalue weighted by Crippen LogP contribution is -2.31. The summed E-state index contributed by atoms with van der Waals surface area (Å²) in [6.07, 6.45) is 2.82. The molecular formula is C14H21F2NO3S. The first-order chi connectivity index (χ1) is 9.76.